The molecule has 94 valence electrons. The van der Waals surface area contributed by atoms with Gasteiger partial charge in [-0.2, -0.15) is 0 Å². The highest BCUT2D eigenvalue weighted by Gasteiger charge is 2.31. The van der Waals surface area contributed by atoms with Gasteiger partial charge < -0.3 is 0 Å². The lowest BCUT2D eigenvalue weighted by molar-refractivity contribution is 0.692. The molecule has 2 aliphatic rings. The first-order valence-electron chi connectivity index (χ1n) is 7.40. The second kappa shape index (κ2) is 7.33. The van der Waals surface area contributed by atoms with Gasteiger partial charge in [0.1, 0.15) is 0 Å². The van der Waals surface area contributed by atoms with Gasteiger partial charge in [-0.05, 0) is 62.2 Å². The molecule has 2 heterocycles. The maximum atomic E-state index is 2.34. The van der Waals surface area contributed by atoms with Gasteiger partial charge in [0.15, 0.2) is 0 Å². The van der Waals surface area contributed by atoms with E-state index in [2.05, 4.69) is 6.92 Å². The molecule has 0 aromatic rings. The lowest BCUT2D eigenvalue weighted by Crippen LogP contribution is -2.06. The summed E-state index contributed by atoms with van der Waals surface area (Å²) in [5.41, 5.74) is 0. The Morgan fingerprint density at radius 1 is 0.812 bits per heavy atom. The molecule has 0 atom stereocenters. The Kier molecular flexibility index (Phi) is 6.09. The molecule has 16 heavy (non-hydrogen) atoms. The summed E-state index contributed by atoms with van der Waals surface area (Å²) in [4.78, 5) is 0. The maximum absolute atomic E-state index is 2.34. The van der Waals surface area contributed by atoms with Crippen molar-refractivity contribution in [2.24, 2.45) is 0 Å². The molecule has 0 aliphatic carbocycles. The summed E-state index contributed by atoms with van der Waals surface area (Å²) in [5, 5.41) is 1.25. The highest BCUT2D eigenvalue weighted by Crippen LogP contribution is 2.64. The monoisotopic (exact) mass is 258 g/mol. The van der Waals surface area contributed by atoms with Crippen molar-refractivity contribution in [3.05, 3.63) is 0 Å². The molecule has 2 fully saturated rings. The van der Waals surface area contributed by atoms with Gasteiger partial charge >= 0.3 is 0 Å². The summed E-state index contributed by atoms with van der Waals surface area (Å²) < 4.78 is 0. The van der Waals surface area contributed by atoms with Gasteiger partial charge in [-0.25, -0.2) is 0 Å². The van der Waals surface area contributed by atoms with Crippen molar-refractivity contribution in [3.63, 3.8) is 0 Å². The first-order valence-corrected chi connectivity index (χ1v) is 11.0. The van der Waals surface area contributed by atoms with E-state index < -0.39 is 0 Å². The Labute approximate surface area is 104 Å². The minimum absolute atomic E-state index is 0.493. The van der Waals surface area contributed by atoms with E-state index in [-0.39, 0.29) is 0 Å². The molecule has 0 aromatic heterocycles. The Hall–Kier alpha value is 0.860. The smallest absolute Gasteiger partial charge is 0.000583 e. The molecule has 2 rings (SSSR count). The zero-order valence-electron chi connectivity index (χ0n) is 11.0. The molecule has 2 aliphatic heterocycles. The third kappa shape index (κ3) is 3.68. The minimum Gasteiger partial charge on any atom is -0.0991 e. The largest absolute Gasteiger partial charge is 0.0991 e. The zero-order chi connectivity index (χ0) is 11.2. The van der Waals surface area contributed by atoms with E-state index in [0.29, 0.717) is 15.8 Å². The van der Waals surface area contributed by atoms with Crippen molar-refractivity contribution >= 4 is 15.8 Å². The van der Waals surface area contributed by atoms with E-state index in [4.69, 9.17) is 0 Å². The molecule has 0 aromatic carbocycles. The standard InChI is InChI=1S/C14H28P2/c1-2-3-4-9-14(15-10-5-6-11-15)16-12-7-8-13-16/h14H,2-13H2,1H3. The summed E-state index contributed by atoms with van der Waals surface area (Å²) >= 11 is 0. The van der Waals surface area contributed by atoms with E-state index >= 15 is 0 Å². The van der Waals surface area contributed by atoms with Gasteiger partial charge in [-0.3, -0.25) is 0 Å². The third-order valence-corrected chi connectivity index (χ3v) is 11.9. The highest BCUT2D eigenvalue weighted by atomic mass is 31.2. The molecule has 0 radical (unpaired) electrons. The average molecular weight is 258 g/mol. The summed E-state index contributed by atoms with van der Waals surface area (Å²) in [6, 6.07) is 0. The van der Waals surface area contributed by atoms with Crippen LogP contribution in [-0.2, 0) is 0 Å². The van der Waals surface area contributed by atoms with Crippen LogP contribution in [0.4, 0.5) is 0 Å². The predicted octanol–water partition coefficient (Wildman–Crippen LogP) is 5.44. The summed E-state index contributed by atoms with van der Waals surface area (Å²) in [6.45, 7) is 2.34. The van der Waals surface area contributed by atoms with Crippen molar-refractivity contribution in [3.8, 4) is 0 Å². The fourth-order valence-electron chi connectivity index (χ4n) is 3.25. The summed E-state index contributed by atoms with van der Waals surface area (Å²) in [6.07, 6.45) is 18.9. The van der Waals surface area contributed by atoms with Gasteiger partial charge in [0.25, 0.3) is 0 Å². The number of unbranched alkanes of at least 4 members (excludes halogenated alkanes) is 2. The lowest BCUT2D eigenvalue weighted by atomic mass is 10.2. The SMILES string of the molecule is CCCCCC(P1CCCC1)P1CCCC1. The van der Waals surface area contributed by atoms with Crippen LogP contribution < -0.4 is 0 Å². The van der Waals surface area contributed by atoms with Crippen molar-refractivity contribution in [2.75, 3.05) is 24.6 Å². The van der Waals surface area contributed by atoms with E-state index in [9.17, 15) is 0 Å². The molecule has 0 unspecified atom stereocenters. The Morgan fingerprint density at radius 3 is 1.75 bits per heavy atom. The second-order valence-electron chi connectivity index (χ2n) is 5.46. The van der Waals surface area contributed by atoms with Crippen molar-refractivity contribution in [2.45, 2.75) is 63.7 Å². The Morgan fingerprint density at radius 2 is 1.31 bits per heavy atom. The van der Waals surface area contributed by atoms with Crippen LogP contribution in [0.25, 0.3) is 0 Å². The summed E-state index contributed by atoms with van der Waals surface area (Å²) in [5.74, 6) is 0. The number of rotatable bonds is 6. The third-order valence-electron chi connectivity index (χ3n) is 4.19. The minimum atomic E-state index is 0.493. The van der Waals surface area contributed by atoms with Crippen molar-refractivity contribution in [1.29, 1.82) is 0 Å². The van der Waals surface area contributed by atoms with E-state index in [0.717, 1.165) is 0 Å². The van der Waals surface area contributed by atoms with E-state index in [1.54, 1.807) is 63.2 Å². The highest BCUT2D eigenvalue weighted by molar-refractivity contribution is 7.76. The van der Waals surface area contributed by atoms with E-state index in [1.807, 2.05) is 0 Å². The van der Waals surface area contributed by atoms with Crippen LogP contribution in [0.5, 0.6) is 0 Å². The van der Waals surface area contributed by atoms with Crippen molar-refractivity contribution < 1.29 is 0 Å². The average Bonchev–Trinajstić information content (AvgIpc) is 2.97. The first kappa shape index (κ1) is 13.3. The van der Waals surface area contributed by atoms with Crippen LogP contribution in [0.2, 0.25) is 0 Å². The second-order valence-corrected chi connectivity index (χ2v) is 11.3. The van der Waals surface area contributed by atoms with Gasteiger partial charge in [0.05, 0.1) is 0 Å². The quantitative estimate of drug-likeness (QED) is 0.439. The number of hydrogen-bond acceptors (Lipinski definition) is 0. The molecule has 0 spiro atoms. The van der Waals surface area contributed by atoms with Crippen molar-refractivity contribution in [1.82, 2.24) is 0 Å². The molecular formula is C14H28P2. The van der Waals surface area contributed by atoms with Gasteiger partial charge in [0.2, 0.25) is 0 Å². The van der Waals surface area contributed by atoms with Crippen LogP contribution in [0.3, 0.4) is 0 Å². The predicted molar refractivity (Wildman–Crippen MR) is 79.7 cm³/mol. The maximum Gasteiger partial charge on any atom is -0.000583 e. The van der Waals surface area contributed by atoms with Gasteiger partial charge in [-0.1, -0.05) is 42.0 Å². The topological polar surface area (TPSA) is 0 Å². The summed E-state index contributed by atoms with van der Waals surface area (Å²) in [7, 11) is 0.985. The Bertz CT molecular complexity index is 165. The first-order chi connectivity index (χ1) is 7.92. The molecule has 0 saturated carbocycles. The van der Waals surface area contributed by atoms with Crippen LogP contribution >= 0.6 is 15.8 Å². The van der Waals surface area contributed by atoms with Crippen LogP contribution in [0, 0.1) is 0 Å². The molecule has 2 saturated heterocycles. The van der Waals surface area contributed by atoms with Crippen LogP contribution in [0.15, 0.2) is 0 Å². The normalized spacial score (nSPS) is 23.6. The molecule has 0 N–H and O–H groups in total. The molecular weight excluding hydrogens is 230 g/mol. The fraction of sp³-hybridized carbons (Fsp3) is 1.00. The molecule has 0 amide bonds. The molecule has 2 heteroatoms. The molecule has 0 nitrogen and oxygen atoms in total. The zero-order valence-corrected chi connectivity index (χ0v) is 12.7. The van der Waals surface area contributed by atoms with Gasteiger partial charge in [-0.15, -0.1) is 0 Å². The lowest BCUT2D eigenvalue weighted by Gasteiger charge is -2.30. The Balaban J connectivity index is 1.83. The van der Waals surface area contributed by atoms with Gasteiger partial charge in [0, 0.05) is 0 Å². The van der Waals surface area contributed by atoms with Crippen LogP contribution in [-0.4, -0.2) is 30.0 Å². The molecule has 0 bridgehead atoms. The van der Waals surface area contributed by atoms with E-state index in [1.165, 1.54) is 18.2 Å². The number of hydrogen-bond donors (Lipinski definition) is 0. The fourth-order valence-corrected chi connectivity index (χ4v) is 11.7. The van der Waals surface area contributed by atoms with Crippen LogP contribution in [0.1, 0.15) is 58.3 Å².